The summed E-state index contributed by atoms with van der Waals surface area (Å²) >= 11 is 0. The molecule has 1 aliphatic rings. The lowest BCUT2D eigenvalue weighted by molar-refractivity contribution is -0.124. The maximum Gasteiger partial charge on any atom is 0.232 e. The summed E-state index contributed by atoms with van der Waals surface area (Å²) in [6, 6.07) is 13.5. The van der Waals surface area contributed by atoms with Gasteiger partial charge in [0.2, 0.25) is 11.8 Å². The Morgan fingerprint density at radius 1 is 1.12 bits per heavy atom. The van der Waals surface area contributed by atoms with Crippen LogP contribution in [0.4, 0.5) is 11.4 Å². The number of aryl methyl sites for hydroxylation is 2. The molecule has 1 aliphatic heterocycles. The van der Waals surface area contributed by atoms with Gasteiger partial charge in [0, 0.05) is 25.7 Å². The average molecular weight is 352 g/mol. The molecule has 2 amide bonds. The zero-order valence-corrected chi connectivity index (χ0v) is 15.7. The molecule has 136 valence electrons. The predicted molar refractivity (Wildman–Crippen MR) is 103 cm³/mol. The van der Waals surface area contributed by atoms with Crippen LogP contribution >= 0.6 is 0 Å². The number of carbonyl (C=O) groups is 2. The van der Waals surface area contributed by atoms with Crippen molar-refractivity contribution in [3.05, 3.63) is 53.6 Å². The van der Waals surface area contributed by atoms with Crippen molar-refractivity contribution < 1.29 is 14.3 Å². The summed E-state index contributed by atoms with van der Waals surface area (Å²) in [6.45, 7) is 4.35. The van der Waals surface area contributed by atoms with E-state index < -0.39 is 0 Å². The van der Waals surface area contributed by atoms with E-state index in [0.29, 0.717) is 12.3 Å². The van der Waals surface area contributed by atoms with Crippen LogP contribution in [0.1, 0.15) is 17.5 Å². The maximum atomic E-state index is 12.9. The molecule has 0 N–H and O–H groups in total. The van der Waals surface area contributed by atoms with Gasteiger partial charge in [-0.05, 0) is 43.7 Å². The van der Waals surface area contributed by atoms with Crippen molar-refractivity contribution in [1.29, 1.82) is 0 Å². The fraction of sp³-hybridized carbons (Fsp3) is 0.333. The van der Waals surface area contributed by atoms with E-state index in [4.69, 9.17) is 4.74 Å². The summed E-state index contributed by atoms with van der Waals surface area (Å²) in [7, 11) is 3.34. The highest BCUT2D eigenvalue weighted by Gasteiger charge is 2.37. The third-order valence-electron chi connectivity index (χ3n) is 4.85. The molecule has 0 radical (unpaired) electrons. The lowest BCUT2D eigenvalue weighted by Crippen LogP contribution is -2.34. The predicted octanol–water partition coefficient (Wildman–Crippen LogP) is 3.33. The Kier molecular flexibility index (Phi) is 4.98. The summed E-state index contributed by atoms with van der Waals surface area (Å²) in [5.74, 6) is 0.184. The Bertz CT molecular complexity index is 830. The molecule has 1 heterocycles. The number of methoxy groups -OCH3 is 1. The van der Waals surface area contributed by atoms with Crippen LogP contribution in [-0.4, -0.2) is 32.5 Å². The molecule has 2 aromatic rings. The Balaban J connectivity index is 1.80. The molecule has 26 heavy (non-hydrogen) atoms. The highest BCUT2D eigenvalue weighted by atomic mass is 16.5. The highest BCUT2D eigenvalue weighted by molar-refractivity contribution is 6.04. The van der Waals surface area contributed by atoms with Crippen LogP contribution in [0.3, 0.4) is 0 Å². The minimum absolute atomic E-state index is 0.0451. The quantitative estimate of drug-likeness (QED) is 0.848. The third kappa shape index (κ3) is 3.43. The van der Waals surface area contributed by atoms with Gasteiger partial charge in [-0.25, -0.2) is 0 Å². The number of rotatable bonds is 4. The Morgan fingerprint density at radius 2 is 1.77 bits per heavy atom. The third-order valence-corrected chi connectivity index (χ3v) is 4.85. The maximum absolute atomic E-state index is 12.9. The Hall–Kier alpha value is -2.82. The fourth-order valence-electron chi connectivity index (χ4n) is 3.29. The van der Waals surface area contributed by atoms with Crippen molar-refractivity contribution in [2.45, 2.75) is 20.3 Å². The number of ether oxygens (including phenoxy) is 1. The Morgan fingerprint density at radius 3 is 2.42 bits per heavy atom. The van der Waals surface area contributed by atoms with Gasteiger partial charge in [-0.15, -0.1) is 0 Å². The number of amides is 2. The second-order valence-corrected chi connectivity index (χ2v) is 6.81. The van der Waals surface area contributed by atoms with Crippen molar-refractivity contribution in [1.82, 2.24) is 0 Å². The minimum Gasteiger partial charge on any atom is -0.495 e. The zero-order chi connectivity index (χ0) is 18.8. The molecule has 1 atom stereocenters. The molecule has 1 fully saturated rings. The monoisotopic (exact) mass is 352 g/mol. The first kappa shape index (κ1) is 18.0. The summed E-state index contributed by atoms with van der Waals surface area (Å²) in [4.78, 5) is 28.8. The van der Waals surface area contributed by atoms with Crippen LogP contribution < -0.4 is 14.5 Å². The van der Waals surface area contributed by atoms with Crippen LogP contribution in [0.2, 0.25) is 0 Å². The first-order valence-electron chi connectivity index (χ1n) is 8.70. The van der Waals surface area contributed by atoms with Gasteiger partial charge in [-0.2, -0.15) is 0 Å². The van der Waals surface area contributed by atoms with Crippen LogP contribution in [0.25, 0.3) is 0 Å². The summed E-state index contributed by atoms with van der Waals surface area (Å²) in [6.07, 6.45) is 0.214. The molecule has 3 rings (SSSR count). The summed E-state index contributed by atoms with van der Waals surface area (Å²) < 4.78 is 5.40. The van der Waals surface area contributed by atoms with Crippen molar-refractivity contribution in [2.24, 2.45) is 5.92 Å². The van der Waals surface area contributed by atoms with Crippen molar-refractivity contribution >= 4 is 23.2 Å². The van der Waals surface area contributed by atoms with Gasteiger partial charge in [0.1, 0.15) is 5.75 Å². The topological polar surface area (TPSA) is 49.9 Å². The average Bonchev–Trinajstić information content (AvgIpc) is 3.02. The molecule has 0 aromatic heterocycles. The van der Waals surface area contributed by atoms with E-state index in [-0.39, 0.29) is 24.2 Å². The molecular formula is C21H24N2O3. The number of hydrogen-bond donors (Lipinski definition) is 0. The molecule has 1 saturated heterocycles. The number of nitrogens with zero attached hydrogens (tertiary/aromatic N) is 2. The van der Waals surface area contributed by atoms with E-state index >= 15 is 0 Å². The first-order valence-corrected chi connectivity index (χ1v) is 8.70. The molecule has 0 spiro atoms. The lowest BCUT2D eigenvalue weighted by atomic mass is 10.1. The summed E-state index contributed by atoms with van der Waals surface area (Å²) in [5, 5.41) is 0. The van der Waals surface area contributed by atoms with Gasteiger partial charge < -0.3 is 14.5 Å². The lowest BCUT2D eigenvalue weighted by Gasteiger charge is -2.22. The number of hydrogen-bond acceptors (Lipinski definition) is 3. The van der Waals surface area contributed by atoms with E-state index in [1.807, 2.05) is 56.3 Å². The van der Waals surface area contributed by atoms with Crippen LogP contribution in [0.5, 0.6) is 5.75 Å². The van der Waals surface area contributed by atoms with Gasteiger partial charge in [-0.3, -0.25) is 9.59 Å². The van der Waals surface area contributed by atoms with E-state index in [0.717, 1.165) is 22.5 Å². The number of anilines is 2. The van der Waals surface area contributed by atoms with E-state index in [9.17, 15) is 9.59 Å². The van der Waals surface area contributed by atoms with Gasteiger partial charge in [-0.1, -0.05) is 23.8 Å². The fourth-order valence-corrected chi connectivity index (χ4v) is 3.29. The molecule has 0 saturated carbocycles. The standard InChI is InChI=1S/C21H24N2O3/c1-14-5-8-17(9-6-14)22(3)21(25)16-12-20(24)23(13-16)18-11-15(2)7-10-19(18)26-4/h5-11,16H,12-13H2,1-4H3. The number of benzene rings is 2. The molecule has 1 unspecified atom stereocenters. The second kappa shape index (κ2) is 7.20. The highest BCUT2D eigenvalue weighted by Crippen LogP contribution is 2.34. The van der Waals surface area contributed by atoms with E-state index in [1.54, 1.807) is 24.0 Å². The van der Waals surface area contributed by atoms with E-state index in [1.165, 1.54) is 0 Å². The van der Waals surface area contributed by atoms with Gasteiger partial charge in [0.15, 0.2) is 0 Å². The van der Waals surface area contributed by atoms with Gasteiger partial charge >= 0.3 is 0 Å². The molecule has 0 aliphatic carbocycles. The summed E-state index contributed by atoms with van der Waals surface area (Å²) in [5.41, 5.74) is 3.74. The smallest absolute Gasteiger partial charge is 0.232 e. The van der Waals surface area contributed by atoms with Gasteiger partial charge in [0.05, 0.1) is 18.7 Å². The van der Waals surface area contributed by atoms with Crippen LogP contribution in [0, 0.1) is 19.8 Å². The van der Waals surface area contributed by atoms with Crippen LogP contribution in [0.15, 0.2) is 42.5 Å². The van der Waals surface area contributed by atoms with Crippen LogP contribution in [-0.2, 0) is 9.59 Å². The van der Waals surface area contributed by atoms with Gasteiger partial charge in [0.25, 0.3) is 0 Å². The molecule has 0 bridgehead atoms. The minimum atomic E-state index is -0.362. The first-order chi connectivity index (χ1) is 12.4. The number of carbonyl (C=O) groups excluding carboxylic acids is 2. The Labute approximate surface area is 154 Å². The largest absolute Gasteiger partial charge is 0.495 e. The van der Waals surface area contributed by atoms with Crippen molar-refractivity contribution in [3.8, 4) is 5.75 Å². The van der Waals surface area contributed by atoms with E-state index in [2.05, 4.69) is 0 Å². The molecule has 5 heteroatoms. The molecule has 2 aromatic carbocycles. The zero-order valence-electron chi connectivity index (χ0n) is 15.7. The molecular weight excluding hydrogens is 328 g/mol. The normalized spacial score (nSPS) is 16.7. The second-order valence-electron chi connectivity index (χ2n) is 6.81. The SMILES string of the molecule is COc1ccc(C)cc1N1CC(C(=O)N(C)c2ccc(C)cc2)CC1=O. The van der Waals surface area contributed by atoms with Crippen molar-refractivity contribution in [3.63, 3.8) is 0 Å². The molecule has 5 nitrogen and oxygen atoms in total. The van der Waals surface area contributed by atoms with Crippen molar-refractivity contribution in [2.75, 3.05) is 30.5 Å².